The predicted molar refractivity (Wildman–Crippen MR) is 137 cm³/mol. The highest BCUT2D eigenvalue weighted by molar-refractivity contribution is 5.15. The summed E-state index contributed by atoms with van der Waals surface area (Å²) in [6, 6.07) is 20.7. The van der Waals surface area contributed by atoms with Crippen LogP contribution in [-0.4, -0.2) is 43.9 Å². The van der Waals surface area contributed by atoms with Crippen molar-refractivity contribution < 1.29 is 24.1 Å². The second kappa shape index (κ2) is 12.0. The van der Waals surface area contributed by atoms with Crippen LogP contribution in [0.1, 0.15) is 57.1 Å². The van der Waals surface area contributed by atoms with Gasteiger partial charge >= 0.3 is 0 Å². The lowest BCUT2D eigenvalue weighted by Crippen LogP contribution is -2.63. The summed E-state index contributed by atoms with van der Waals surface area (Å²) in [5, 5.41) is 11.2. The zero-order valence-electron chi connectivity index (χ0n) is 21.5. The highest BCUT2D eigenvalue weighted by Crippen LogP contribution is 2.60. The fourth-order valence-corrected chi connectivity index (χ4v) is 6.68. The minimum Gasteiger partial charge on any atom is -0.393 e. The molecule has 2 saturated carbocycles. The molecule has 6 atom stereocenters. The molecule has 0 aliphatic heterocycles. The van der Waals surface area contributed by atoms with E-state index in [0.717, 1.165) is 32.1 Å². The smallest absolute Gasteiger partial charge is 0.146 e. The SMILES string of the molecule is COCO[C@@H]1CC[C@@H](O)[C@]2(C)CC[C@@H](OCc3ccccc3)[C@@](C)(CCOCc3ccccc3)[C@@H]12. The lowest BCUT2D eigenvalue weighted by Gasteiger charge is -2.61. The van der Waals surface area contributed by atoms with E-state index in [-0.39, 0.29) is 41.9 Å². The van der Waals surface area contributed by atoms with E-state index >= 15 is 0 Å². The molecule has 192 valence electrons. The molecule has 0 saturated heterocycles. The zero-order valence-corrected chi connectivity index (χ0v) is 21.5. The van der Waals surface area contributed by atoms with Crippen molar-refractivity contribution in [2.75, 3.05) is 20.5 Å². The minimum absolute atomic E-state index is 0.0191. The van der Waals surface area contributed by atoms with Gasteiger partial charge in [-0.15, -0.1) is 0 Å². The summed E-state index contributed by atoms with van der Waals surface area (Å²) in [6.45, 7) is 6.67. The van der Waals surface area contributed by atoms with E-state index in [2.05, 4.69) is 50.2 Å². The number of methoxy groups -OCH3 is 1. The molecular formula is C30H42O5. The molecule has 0 bridgehead atoms. The van der Waals surface area contributed by atoms with Gasteiger partial charge in [-0.1, -0.05) is 74.5 Å². The normalized spacial score (nSPS) is 32.8. The number of ether oxygens (including phenoxy) is 4. The zero-order chi connectivity index (χ0) is 24.7. The minimum atomic E-state index is -0.338. The van der Waals surface area contributed by atoms with Crippen LogP contribution in [0.3, 0.4) is 0 Å². The van der Waals surface area contributed by atoms with Crippen molar-refractivity contribution in [3.05, 3.63) is 71.8 Å². The third-order valence-corrected chi connectivity index (χ3v) is 8.55. The number of benzene rings is 2. The number of aliphatic hydroxyl groups excluding tert-OH is 1. The maximum Gasteiger partial charge on any atom is 0.146 e. The van der Waals surface area contributed by atoms with Crippen molar-refractivity contribution in [2.24, 2.45) is 16.7 Å². The molecule has 0 radical (unpaired) electrons. The Morgan fingerprint density at radius 2 is 1.51 bits per heavy atom. The summed E-state index contributed by atoms with van der Waals surface area (Å²) < 4.78 is 24.4. The van der Waals surface area contributed by atoms with Gasteiger partial charge in [-0.3, -0.25) is 0 Å². The van der Waals surface area contributed by atoms with Crippen LogP contribution >= 0.6 is 0 Å². The largest absolute Gasteiger partial charge is 0.393 e. The van der Waals surface area contributed by atoms with E-state index < -0.39 is 0 Å². The third-order valence-electron chi connectivity index (χ3n) is 8.55. The summed E-state index contributed by atoms with van der Waals surface area (Å²) in [5.41, 5.74) is 1.92. The first-order chi connectivity index (χ1) is 17.0. The molecule has 0 unspecified atom stereocenters. The molecule has 1 N–H and O–H groups in total. The third kappa shape index (κ3) is 5.98. The Balaban J connectivity index is 1.55. The number of aliphatic hydroxyl groups is 1. The number of hydrogen-bond acceptors (Lipinski definition) is 5. The van der Waals surface area contributed by atoms with E-state index in [0.29, 0.717) is 19.8 Å². The van der Waals surface area contributed by atoms with Gasteiger partial charge in [-0.2, -0.15) is 0 Å². The van der Waals surface area contributed by atoms with Gasteiger partial charge < -0.3 is 24.1 Å². The standard InChI is InChI=1S/C30H42O5/c1-29-17-16-27(34-21-24-12-8-5-9-13-24)30(2,18-19-33-20-23-10-6-4-7-11-23)28(29)25(35-22-32-3)14-15-26(29)31/h4-13,25-28,31H,14-22H2,1-3H3/t25-,26-,27-,28+,29+,30-/m1/s1. The lowest BCUT2D eigenvalue weighted by atomic mass is 9.47. The maximum absolute atomic E-state index is 11.2. The van der Waals surface area contributed by atoms with Gasteiger partial charge in [0.1, 0.15) is 6.79 Å². The van der Waals surface area contributed by atoms with Crippen LogP contribution < -0.4 is 0 Å². The summed E-state index contributed by atoms with van der Waals surface area (Å²) in [5.74, 6) is 0.142. The van der Waals surface area contributed by atoms with Crippen LogP contribution in [0.15, 0.2) is 60.7 Å². The summed E-state index contributed by atoms with van der Waals surface area (Å²) in [4.78, 5) is 0. The van der Waals surface area contributed by atoms with Crippen LogP contribution in [0.4, 0.5) is 0 Å². The van der Waals surface area contributed by atoms with Gasteiger partial charge in [-0.25, -0.2) is 0 Å². The molecule has 5 heteroatoms. The van der Waals surface area contributed by atoms with Crippen LogP contribution in [0.2, 0.25) is 0 Å². The van der Waals surface area contributed by atoms with Crippen molar-refractivity contribution in [1.29, 1.82) is 0 Å². The average Bonchev–Trinajstić information content (AvgIpc) is 2.88. The van der Waals surface area contributed by atoms with Gasteiger partial charge in [0, 0.05) is 25.0 Å². The van der Waals surface area contributed by atoms with Crippen molar-refractivity contribution >= 4 is 0 Å². The Labute approximate surface area is 210 Å². The first-order valence-corrected chi connectivity index (χ1v) is 13.0. The fraction of sp³-hybridized carbons (Fsp3) is 0.600. The molecule has 2 aromatic rings. The molecular weight excluding hydrogens is 440 g/mol. The summed E-state index contributed by atoms with van der Waals surface area (Å²) in [7, 11) is 1.67. The van der Waals surface area contributed by atoms with Crippen molar-refractivity contribution in [3.8, 4) is 0 Å². The predicted octanol–water partition coefficient (Wildman–Crippen LogP) is 5.75. The highest BCUT2D eigenvalue weighted by Gasteiger charge is 2.61. The number of fused-ring (bicyclic) bond motifs is 1. The Bertz CT molecular complexity index is 888. The number of hydrogen-bond donors (Lipinski definition) is 1. The van der Waals surface area contributed by atoms with Crippen LogP contribution in [0, 0.1) is 16.7 Å². The van der Waals surface area contributed by atoms with Gasteiger partial charge in [0.25, 0.3) is 0 Å². The molecule has 2 fully saturated rings. The van der Waals surface area contributed by atoms with Crippen LogP contribution in [0.25, 0.3) is 0 Å². The first kappa shape index (κ1) is 26.3. The Kier molecular flexibility index (Phi) is 9.01. The molecule has 4 rings (SSSR count). The quantitative estimate of drug-likeness (QED) is 0.327. The van der Waals surface area contributed by atoms with Gasteiger partial charge in [-0.05, 0) is 48.6 Å². The Hall–Kier alpha value is -1.76. The van der Waals surface area contributed by atoms with E-state index in [9.17, 15) is 5.11 Å². The molecule has 2 aliphatic rings. The second-order valence-corrected chi connectivity index (χ2v) is 10.8. The molecule has 0 spiro atoms. The summed E-state index contributed by atoms with van der Waals surface area (Å²) in [6.07, 6.45) is 4.02. The first-order valence-electron chi connectivity index (χ1n) is 13.0. The second-order valence-electron chi connectivity index (χ2n) is 10.8. The maximum atomic E-state index is 11.2. The van der Waals surface area contributed by atoms with E-state index in [1.165, 1.54) is 11.1 Å². The molecule has 35 heavy (non-hydrogen) atoms. The monoisotopic (exact) mass is 482 g/mol. The van der Waals surface area contributed by atoms with E-state index in [1.807, 2.05) is 24.3 Å². The average molecular weight is 483 g/mol. The van der Waals surface area contributed by atoms with Gasteiger partial charge in [0.05, 0.1) is 31.5 Å². The topological polar surface area (TPSA) is 57.2 Å². The van der Waals surface area contributed by atoms with Gasteiger partial charge in [0.2, 0.25) is 0 Å². The van der Waals surface area contributed by atoms with Crippen LogP contribution in [-0.2, 0) is 32.2 Å². The lowest BCUT2D eigenvalue weighted by molar-refractivity contribution is -0.243. The molecule has 2 aliphatic carbocycles. The fourth-order valence-electron chi connectivity index (χ4n) is 6.68. The Morgan fingerprint density at radius 3 is 2.17 bits per heavy atom. The molecule has 0 amide bonds. The molecule has 0 heterocycles. The van der Waals surface area contributed by atoms with E-state index in [1.54, 1.807) is 7.11 Å². The number of rotatable bonds is 11. The molecule has 2 aromatic carbocycles. The summed E-state index contributed by atoms with van der Waals surface area (Å²) >= 11 is 0. The Morgan fingerprint density at radius 1 is 0.857 bits per heavy atom. The van der Waals surface area contributed by atoms with Gasteiger partial charge in [0.15, 0.2) is 0 Å². The molecule has 5 nitrogen and oxygen atoms in total. The van der Waals surface area contributed by atoms with Crippen molar-refractivity contribution in [2.45, 2.75) is 77.5 Å². The van der Waals surface area contributed by atoms with E-state index in [4.69, 9.17) is 18.9 Å². The highest BCUT2D eigenvalue weighted by atomic mass is 16.7. The van der Waals surface area contributed by atoms with Crippen molar-refractivity contribution in [3.63, 3.8) is 0 Å². The van der Waals surface area contributed by atoms with Crippen LogP contribution in [0.5, 0.6) is 0 Å². The van der Waals surface area contributed by atoms with Crippen molar-refractivity contribution in [1.82, 2.24) is 0 Å². The molecule has 0 aromatic heterocycles.